The first-order chi connectivity index (χ1) is 9.58. The van der Waals surface area contributed by atoms with Crippen LogP contribution in [0.5, 0.6) is 0 Å². The summed E-state index contributed by atoms with van der Waals surface area (Å²) in [5, 5.41) is 9.30. The molecule has 102 valence electrons. The lowest BCUT2D eigenvalue weighted by Gasteiger charge is -2.16. The maximum absolute atomic E-state index is 12.5. The minimum Gasteiger partial charge on any atom is -0.481 e. The molecule has 1 amide bonds. The number of fused-ring (bicyclic) bond motifs is 1. The highest BCUT2D eigenvalue weighted by Crippen LogP contribution is 2.37. The van der Waals surface area contributed by atoms with Crippen LogP contribution >= 0.6 is 11.3 Å². The quantitative estimate of drug-likeness (QED) is 0.924. The number of amides is 1. The van der Waals surface area contributed by atoms with Crippen LogP contribution in [-0.4, -0.2) is 23.5 Å². The summed E-state index contributed by atoms with van der Waals surface area (Å²) in [6.45, 7) is 2.14. The predicted octanol–water partition coefficient (Wildman–Crippen LogP) is 2.89. The van der Waals surface area contributed by atoms with Crippen LogP contribution in [0, 0.1) is 6.92 Å². The fourth-order valence-corrected chi connectivity index (χ4v) is 3.31. The number of carbonyl (C=O) groups is 2. The highest BCUT2D eigenvalue weighted by Gasteiger charge is 2.36. The number of thiophene rings is 1. The second kappa shape index (κ2) is 4.76. The SMILES string of the molecule is Cc1ccc(C(=O)N2C[C@H](C(=O)O)c3ccccc32)s1. The van der Waals surface area contributed by atoms with E-state index in [2.05, 4.69) is 0 Å². The number of benzene rings is 1. The molecule has 1 aromatic heterocycles. The first-order valence-electron chi connectivity index (χ1n) is 6.28. The molecule has 20 heavy (non-hydrogen) atoms. The lowest BCUT2D eigenvalue weighted by molar-refractivity contribution is -0.138. The molecular weight excluding hydrogens is 274 g/mol. The van der Waals surface area contributed by atoms with Crippen LogP contribution in [0.1, 0.15) is 26.0 Å². The summed E-state index contributed by atoms with van der Waals surface area (Å²) in [6, 6.07) is 10.9. The molecule has 0 saturated carbocycles. The Hall–Kier alpha value is -2.14. The largest absolute Gasteiger partial charge is 0.481 e. The number of carboxylic acids is 1. The lowest BCUT2D eigenvalue weighted by Crippen LogP contribution is -2.30. The minimum absolute atomic E-state index is 0.126. The summed E-state index contributed by atoms with van der Waals surface area (Å²) in [4.78, 5) is 27.1. The Morgan fingerprint density at radius 3 is 2.65 bits per heavy atom. The van der Waals surface area contributed by atoms with Gasteiger partial charge in [0, 0.05) is 17.1 Å². The number of carboxylic acid groups (broad SMARTS) is 1. The van der Waals surface area contributed by atoms with Crippen LogP contribution < -0.4 is 4.90 Å². The molecule has 1 aliphatic rings. The van der Waals surface area contributed by atoms with E-state index in [1.165, 1.54) is 11.3 Å². The number of carbonyl (C=O) groups excluding carboxylic acids is 1. The van der Waals surface area contributed by atoms with Crippen LogP contribution in [-0.2, 0) is 4.79 Å². The van der Waals surface area contributed by atoms with Crippen molar-refractivity contribution in [3.05, 3.63) is 51.7 Å². The zero-order chi connectivity index (χ0) is 14.3. The number of hydrogen-bond acceptors (Lipinski definition) is 3. The number of nitrogens with zero attached hydrogens (tertiary/aromatic N) is 1. The fourth-order valence-electron chi connectivity index (χ4n) is 2.49. The third kappa shape index (κ3) is 2.00. The lowest BCUT2D eigenvalue weighted by atomic mass is 10.0. The summed E-state index contributed by atoms with van der Waals surface area (Å²) < 4.78 is 0. The van der Waals surface area contributed by atoms with E-state index in [1.54, 1.807) is 29.2 Å². The number of anilines is 1. The van der Waals surface area contributed by atoms with Gasteiger partial charge in [-0.3, -0.25) is 9.59 Å². The molecule has 0 fully saturated rings. The van der Waals surface area contributed by atoms with Crippen molar-refractivity contribution in [2.24, 2.45) is 0 Å². The van der Waals surface area contributed by atoms with Crippen LogP contribution in [0.25, 0.3) is 0 Å². The van der Waals surface area contributed by atoms with Gasteiger partial charge in [0.15, 0.2) is 0 Å². The topological polar surface area (TPSA) is 57.6 Å². The molecule has 0 saturated heterocycles. The normalized spacial score (nSPS) is 17.1. The Balaban J connectivity index is 2.00. The zero-order valence-electron chi connectivity index (χ0n) is 10.9. The van der Waals surface area contributed by atoms with Gasteiger partial charge in [-0.2, -0.15) is 0 Å². The Morgan fingerprint density at radius 1 is 1.25 bits per heavy atom. The van der Waals surface area contributed by atoms with Crippen molar-refractivity contribution in [1.82, 2.24) is 0 Å². The average molecular weight is 287 g/mol. The number of aliphatic carboxylic acids is 1. The first-order valence-corrected chi connectivity index (χ1v) is 7.09. The molecule has 0 radical (unpaired) electrons. The van der Waals surface area contributed by atoms with Crippen LogP contribution in [0.2, 0.25) is 0 Å². The zero-order valence-corrected chi connectivity index (χ0v) is 11.7. The van der Waals surface area contributed by atoms with Gasteiger partial charge >= 0.3 is 5.97 Å². The van der Waals surface area contributed by atoms with E-state index in [1.807, 2.05) is 19.1 Å². The molecular formula is C15H13NO3S. The number of hydrogen-bond donors (Lipinski definition) is 1. The second-order valence-electron chi connectivity index (χ2n) is 4.78. The molecule has 1 N–H and O–H groups in total. The van der Waals surface area contributed by atoms with Gasteiger partial charge in [0.2, 0.25) is 0 Å². The summed E-state index contributed by atoms with van der Waals surface area (Å²) in [6.07, 6.45) is 0. The Kier molecular flexibility index (Phi) is 3.06. The Morgan fingerprint density at radius 2 is 2.00 bits per heavy atom. The van der Waals surface area contributed by atoms with Gasteiger partial charge in [0.05, 0.1) is 4.88 Å². The molecule has 0 bridgehead atoms. The molecule has 2 aromatic rings. The van der Waals surface area contributed by atoms with E-state index in [0.717, 1.165) is 4.88 Å². The highest BCUT2D eigenvalue weighted by molar-refractivity contribution is 7.14. The van der Waals surface area contributed by atoms with Crippen LogP contribution in [0.3, 0.4) is 0 Å². The molecule has 5 heteroatoms. The Labute approximate surface area is 120 Å². The van der Waals surface area contributed by atoms with E-state index in [4.69, 9.17) is 0 Å². The molecule has 0 aliphatic carbocycles. The molecule has 1 atom stereocenters. The van der Waals surface area contributed by atoms with Crippen molar-refractivity contribution in [3.8, 4) is 0 Å². The number of para-hydroxylation sites is 1. The monoisotopic (exact) mass is 287 g/mol. The molecule has 0 unspecified atom stereocenters. The van der Waals surface area contributed by atoms with Crippen molar-refractivity contribution >= 4 is 28.9 Å². The van der Waals surface area contributed by atoms with Gasteiger partial charge in [-0.15, -0.1) is 11.3 Å². The number of aryl methyl sites for hydroxylation is 1. The Bertz CT molecular complexity index is 692. The van der Waals surface area contributed by atoms with Crippen molar-refractivity contribution in [3.63, 3.8) is 0 Å². The van der Waals surface area contributed by atoms with Crippen molar-refractivity contribution < 1.29 is 14.7 Å². The van der Waals surface area contributed by atoms with Crippen LogP contribution in [0.15, 0.2) is 36.4 Å². The molecule has 0 spiro atoms. The number of rotatable bonds is 2. The van der Waals surface area contributed by atoms with Gasteiger partial charge in [0.1, 0.15) is 5.92 Å². The molecule has 4 nitrogen and oxygen atoms in total. The summed E-state index contributed by atoms with van der Waals surface area (Å²) in [5.41, 5.74) is 1.41. The smallest absolute Gasteiger partial charge is 0.312 e. The highest BCUT2D eigenvalue weighted by atomic mass is 32.1. The average Bonchev–Trinajstić information content (AvgIpc) is 3.02. The van der Waals surface area contributed by atoms with Gasteiger partial charge in [-0.1, -0.05) is 18.2 Å². The second-order valence-corrected chi connectivity index (χ2v) is 6.06. The molecule has 1 aromatic carbocycles. The van der Waals surface area contributed by atoms with Crippen molar-refractivity contribution in [2.45, 2.75) is 12.8 Å². The van der Waals surface area contributed by atoms with Gasteiger partial charge in [-0.25, -0.2) is 0 Å². The van der Waals surface area contributed by atoms with Crippen LogP contribution in [0.4, 0.5) is 5.69 Å². The van der Waals surface area contributed by atoms with E-state index in [0.29, 0.717) is 16.1 Å². The maximum atomic E-state index is 12.5. The van der Waals surface area contributed by atoms with Crippen molar-refractivity contribution in [1.29, 1.82) is 0 Å². The van der Waals surface area contributed by atoms with Gasteiger partial charge < -0.3 is 10.0 Å². The summed E-state index contributed by atoms with van der Waals surface area (Å²) >= 11 is 1.43. The van der Waals surface area contributed by atoms with E-state index in [-0.39, 0.29) is 12.5 Å². The van der Waals surface area contributed by atoms with Gasteiger partial charge in [-0.05, 0) is 30.7 Å². The standard InChI is InChI=1S/C15H13NO3S/c1-9-6-7-13(20-9)14(17)16-8-11(15(18)19)10-4-2-3-5-12(10)16/h2-7,11H,8H2,1H3,(H,18,19)/t11-/m0/s1. The minimum atomic E-state index is -0.893. The van der Waals surface area contributed by atoms with E-state index < -0.39 is 11.9 Å². The maximum Gasteiger partial charge on any atom is 0.312 e. The van der Waals surface area contributed by atoms with Crippen molar-refractivity contribution in [2.75, 3.05) is 11.4 Å². The van der Waals surface area contributed by atoms with E-state index in [9.17, 15) is 14.7 Å². The molecule has 1 aliphatic heterocycles. The first kappa shape index (κ1) is 12.9. The van der Waals surface area contributed by atoms with E-state index >= 15 is 0 Å². The fraction of sp³-hybridized carbons (Fsp3) is 0.200. The third-order valence-electron chi connectivity index (χ3n) is 3.46. The molecule has 3 rings (SSSR count). The molecule has 2 heterocycles. The van der Waals surface area contributed by atoms with Gasteiger partial charge in [0.25, 0.3) is 5.91 Å². The predicted molar refractivity (Wildman–Crippen MR) is 77.6 cm³/mol. The third-order valence-corrected chi connectivity index (χ3v) is 4.45. The summed E-state index contributed by atoms with van der Waals surface area (Å²) in [7, 11) is 0. The summed E-state index contributed by atoms with van der Waals surface area (Å²) in [5.74, 6) is -1.66.